The predicted octanol–water partition coefficient (Wildman–Crippen LogP) is 1.73. The van der Waals surface area contributed by atoms with E-state index in [1.54, 1.807) is 0 Å². The van der Waals surface area contributed by atoms with E-state index in [9.17, 15) is 4.79 Å². The number of para-hydroxylation sites is 1. The van der Waals surface area contributed by atoms with Gasteiger partial charge in [-0.2, -0.15) is 5.10 Å². The van der Waals surface area contributed by atoms with Crippen LogP contribution in [0.4, 0.5) is 0 Å². The minimum absolute atomic E-state index is 0.0339. The van der Waals surface area contributed by atoms with Crippen LogP contribution in [0.3, 0.4) is 0 Å². The van der Waals surface area contributed by atoms with Gasteiger partial charge in [0.2, 0.25) is 5.91 Å². The van der Waals surface area contributed by atoms with Gasteiger partial charge in [-0.25, -0.2) is 4.68 Å². The fourth-order valence-electron chi connectivity index (χ4n) is 1.88. The van der Waals surface area contributed by atoms with Crippen LogP contribution in [0, 0.1) is 5.92 Å². The van der Waals surface area contributed by atoms with Crippen molar-refractivity contribution < 1.29 is 4.79 Å². The quantitative estimate of drug-likeness (QED) is 0.762. The first-order valence-electron chi connectivity index (χ1n) is 7.25. The normalized spacial score (nSPS) is 10.8. The maximum Gasteiger partial charge on any atom is 0.222 e. The zero-order valence-electron chi connectivity index (χ0n) is 12.5. The Balaban J connectivity index is 1.73. The molecule has 1 heterocycles. The first-order valence-corrected chi connectivity index (χ1v) is 7.25. The molecule has 0 unspecified atom stereocenters. The van der Waals surface area contributed by atoms with E-state index in [-0.39, 0.29) is 11.8 Å². The van der Waals surface area contributed by atoms with E-state index in [0.717, 1.165) is 17.9 Å². The first kappa shape index (κ1) is 15.3. The molecule has 2 rings (SSSR count). The van der Waals surface area contributed by atoms with Gasteiger partial charge in [-0.15, -0.1) is 0 Å². The number of hydrogen-bond acceptors (Lipinski definition) is 3. The largest absolute Gasteiger partial charge is 0.355 e. The standard InChI is InChI=1S/C16H22N4O/c1-13(2)16(21)18-10-9-17-12-14-8-11-20(19-14)15-6-4-3-5-7-15/h3-8,11,13,17H,9-10,12H2,1-2H3,(H,18,21). The lowest BCUT2D eigenvalue weighted by molar-refractivity contribution is -0.123. The summed E-state index contributed by atoms with van der Waals surface area (Å²) in [6.07, 6.45) is 1.95. The third kappa shape index (κ3) is 4.72. The number of nitrogens with zero attached hydrogens (tertiary/aromatic N) is 2. The molecule has 0 saturated carbocycles. The highest BCUT2D eigenvalue weighted by atomic mass is 16.1. The third-order valence-electron chi connectivity index (χ3n) is 3.10. The molecule has 0 aliphatic heterocycles. The molecular weight excluding hydrogens is 264 g/mol. The highest BCUT2D eigenvalue weighted by Crippen LogP contribution is 2.06. The Kier molecular flexibility index (Phi) is 5.51. The van der Waals surface area contributed by atoms with Crippen molar-refractivity contribution >= 4 is 5.91 Å². The summed E-state index contributed by atoms with van der Waals surface area (Å²) >= 11 is 0. The molecule has 2 N–H and O–H groups in total. The number of nitrogens with one attached hydrogen (secondary N) is 2. The first-order chi connectivity index (χ1) is 10.2. The number of carbonyl (C=O) groups excluding carboxylic acids is 1. The number of amides is 1. The van der Waals surface area contributed by atoms with Gasteiger partial charge in [-0.3, -0.25) is 4.79 Å². The van der Waals surface area contributed by atoms with Crippen molar-refractivity contribution in [1.29, 1.82) is 0 Å². The minimum Gasteiger partial charge on any atom is -0.355 e. The molecule has 5 nitrogen and oxygen atoms in total. The molecular formula is C16H22N4O. The van der Waals surface area contributed by atoms with Crippen molar-refractivity contribution in [2.75, 3.05) is 13.1 Å². The maximum absolute atomic E-state index is 11.4. The average Bonchev–Trinajstić information content (AvgIpc) is 2.96. The van der Waals surface area contributed by atoms with Crippen LogP contribution in [-0.4, -0.2) is 28.8 Å². The van der Waals surface area contributed by atoms with Gasteiger partial charge in [0, 0.05) is 31.7 Å². The molecule has 1 amide bonds. The summed E-state index contributed by atoms with van der Waals surface area (Å²) in [5.74, 6) is 0.122. The van der Waals surface area contributed by atoms with Gasteiger partial charge in [0.05, 0.1) is 11.4 Å². The van der Waals surface area contributed by atoms with E-state index in [0.29, 0.717) is 13.1 Å². The Morgan fingerprint density at radius 1 is 1.19 bits per heavy atom. The van der Waals surface area contributed by atoms with Crippen LogP contribution < -0.4 is 10.6 Å². The number of carbonyl (C=O) groups is 1. The van der Waals surface area contributed by atoms with Crippen LogP contribution in [-0.2, 0) is 11.3 Å². The Morgan fingerprint density at radius 2 is 1.95 bits per heavy atom. The summed E-state index contributed by atoms with van der Waals surface area (Å²) in [6, 6.07) is 12.0. The average molecular weight is 286 g/mol. The highest BCUT2D eigenvalue weighted by molar-refractivity contribution is 5.77. The van der Waals surface area contributed by atoms with Crippen LogP contribution in [0.1, 0.15) is 19.5 Å². The van der Waals surface area contributed by atoms with Crippen molar-refractivity contribution in [3.05, 3.63) is 48.3 Å². The van der Waals surface area contributed by atoms with Gasteiger partial charge < -0.3 is 10.6 Å². The molecule has 0 saturated heterocycles. The number of hydrogen-bond donors (Lipinski definition) is 2. The fourth-order valence-corrected chi connectivity index (χ4v) is 1.88. The lowest BCUT2D eigenvalue weighted by atomic mass is 10.2. The van der Waals surface area contributed by atoms with E-state index in [4.69, 9.17) is 0 Å². The van der Waals surface area contributed by atoms with E-state index >= 15 is 0 Å². The molecule has 5 heteroatoms. The minimum atomic E-state index is 0.0339. The summed E-state index contributed by atoms with van der Waals surface area (Å²) in [7, 11) is 0. The van der Waals surface area contributed by atoms with Gasteiger partial charge in [0.15, 0.2) is 0 Å². The van der Waals surface area contributed by atoms with E-state index in [1.807, 2.05) is 61.1 Å². The Hall–Kier alpha value is -2.14. The molecule has 0 spiro atoms. The van der Waals surface area contributed by atoms with Gasteiger partial charge in [0.1, 0.15) is 0 Å². The number of rotatable bonds is 7. The lowest BCUT2D eigenvalue weighted by Gasteiger charge is -2.07. The fraction of sp³-hybridized carbons (Fsp3) is 0.375. The summed E-state index contributed by atoms with van der Waals surface area (Å²) in [4.78, 5) is 11.4. The van der Waals surface area contributed by atoms with Crippen LogP contribution in [0.15, 0.2) is 42.6 Å². The Bertz CT molecular complexity index is 563. The van der Waals surface area contributed by atoms with Crippen molar-refractivity contribution in [2.24, 2.45) is 5.92 Å². The Morgan fingerprint density at radius 3 is 2.67 bits per heavy atom. The van der Waals surface area contributed by atoms with Crippen LogP contribution >= 0.6 is 0 Å². The van der Waals surface area contributed by atoms with Crippen molar-refractivity contribution in [1.82, 2.24) is 20.4 Å². The summed E-state index contributed by atoms with van der Waals surface area (Å²) in [5, 5.41) is 10.7. The lowest BCUT2D eigenvalue weighted by Crippen LogP contribution is -2.34. The monoisotopic (exact) mass is 286 g/mol. The van der Waals surface area contributed by atoms with Crippen LogP contribution in [0.25, 0.3) is 5.69 Å². The molecule has 1 aromatic heterocycles. The van der Waals surface area contributed by atoms with E-state index < -0.39 is 0 Å². The highest BCUT2D eigenvalue weighted by Gasteiger charge is 2.05. The molecule has 21 heavy (non-hydrogen) atoms. The van der Waals surface area contributed by atoms with Crippen molar-refractivity contribution in [3.63, 3.8) is 0 Å². The number of aromatic nitrogens is 2. The summed E-state index contributed by atoms with van der Waals surface area (Å²) in [5.41, 5.74) is 2.03. The zero-order valence-corrected chi connectivity index (χ0v) is 12.5. The van der Waals surface area contributed by atoms with Gasteiger partial charge in [0.25, 0.3) is 0 Å². The van der Waals surface area contributed by atoms with Crippen LogP contribution in [0.5, 0.6) is 0 Å². The van der Waals surface area contributed by atoms with Crippen molar-refractivity contribution in [2.45, 2.75) is 20.4 Å². The molecule has 2 aromatic rings. The van der Waals surface area contributed by atoms with Crippen molar-refractivity contribution in [3.8, 4) is 5.69 Å². The third-order valence-corrected chi connectivity index (χ3v) is 3.10. The van der Waals surface area contributed by atoms with E-state index in [1.165, 1.54) is 0 Å². The molecule has 0 atom stereocenters. The van der Waals surface area contributed by atoms with Crippen LogP contribution in [0.2, 0.25) is 0 Å². The zero-order chi connectivity index (χ0) is 15.1. The Labute approximate surface area is 125 Å². The summed E-state index contributed by atoms with van der Waals surface area (Å²) < 4.78 is 1.86. The second-order valence-electron chi connectivity index (χ2n) is 5.21. The number of benzene rings is 1. The van der Waals surface area contributed by atoms with E-state index in [2.05, 4.69) is 15.7 Å². The second kappa shape index (κ2) is 7.59. The van der Waals surface area contributed by atoms with Gasteiger partial charge in [-0.05, 0) is 18.2 Å². The molecule has 0 bridgehead atoms. The predicted molar refractivity (Wildman–Crippen MR) is 83.1 cm³/mol. The molecule has 112 valence electrons. The molecule has 0 radical (unpaired) electrons. The second-order valence-corrected chi connectivity index (χ2v) is 5.21. The topological polar surface area (TPSA) is 59.0 Å². The van der Waals surface area contributed by atoms with Gasteiger partial charge >= 0.3 is 0 Å². The summed E-state index contributed by atoms with van der Waals surface area (Å²) in [6.45, 7) is 5.84. The van der Waals surface area contributed by atoms with Gasteiger partial charge in [-0.1, -0.05) is 32.0 Å². The maximum atomic E-state index is 11.4. The molecule has 0 aliphatic rings. The smallest absolute Gasteiger partial charge is 0.222 e. The molecule has 0 aliphatic carbocycles. The molecule has 0 fully saturated rings. The SMILES string of the molecule is CC(C)C(=O)NCCNCc1ccn(-c2ccccc2)n1. The molecule has 1 aromatic carbocycles.